The number of hydrogen-bond donors (Lipinski definition) is 0. The molecule has 0 bridgehead atoms. The van der Waals surface area contributed by atoms with Crippen molar-refractivity contribution in [3.8, 4) is 11.1 Å². The Morgan fingerprint density at radius 1 is 1.00 bits per heavy atom. The van der Waals surface area contributed by atoms with Crippen molar-refractivity contribution in [3.63, 3.8) is 0 Å². The zero-order valence-corrected chi connectivity index (χ0v) is 18.2. The van der Waals surface area contributed by atoms with E-state index < -0.39 is 0 Å². The molecule has 0 N–H and O–H groups in total. The molecular weight excluding hydrogens is 400 g/mol. The molecule has 3 aromatic heterocycles. The lowest BCUT2D eigenvalue weighted by Gasteiger charge is -2.33. The first-order chi connectivity index (χ1) is 15.6. The number of piperidine rings is 1. The number of likely N-dealkylation sites (tertiary alicyclic amines) is 1. The Kier molecular flexibility index (Phi) is 5.31. The number of aryl methyl sites for hydroxylation is 2. The van der Waals surface area contributed by atoms with Gasteiger partial charge in [-0.25, -0.2) is 19.9 Å². The van der Waals surface area contributed by atoms with Crippen molar-refractivity contribution in [2.45, 2.75) is 32.6 Å². The third-order valence-electron chi connectivity index (χ3n) is 6.15. The Morgan fingerprint density at radius 2 is 1.78 bits per heavy atom. The Hall–Kier alpha value is -3.74. The molecule has 1 saturated heterocycles. The fraction of sp³-hybridized carbons (Fsp3) is 0.280. The molecule has 32 heavy (non-hydrogen) atoms. The summed E-state index contributed by atoms with van der Waals surface area (Å²) >= 11 is 0. The van der Waals surface area contributed by atoms with Crippen LogP contribution in [0.25, 0.3) is 22.2 Å². The van der Waals surface area contributed by atoms with Gasteiger partial charge in [-0.1, -0.05) is 0 Å². The number of aromatic nitrogens is 5. The molecule has 1 unspecified atom stereocenters. The molecule has 1 aliphatic heterocycles. The molecule has 7 heteroatoms. The van der Waals surface area contributed by atoms with Crippen LogP contribution in [-0.4, -0.2) is 48.8 Å². The number of pyridine rings is 1. The average Bonchev–Trinajstić information content (AvgIpc) is 2.85. The minimum Gasteiger partial charge on any atom is -0.338 e. The Bertz CT molecular complexity index is 1290. The third kappa shape index (κ3) is 3.82. The van der Waals surface area contributed by atoms with E-state index in [-0.39, 0.29) is 11.8 Å². The van der Waals surface area contributed by atoms with Gasteiger partial charge in [0.15, 0.2) is 0 Å². The summed E-state index contributed by atoms with van der Waals surface area (Å²) in [4.78, 5) is 37.4. The average molecular weight is 425 g/mol. The fourth-order valence-electron chi connectivity index (χ4n) is 4.35. The summed E-state index contributed by atoms with van der Waals surface area (Å²) in [5.41, 5.74) is 7.02. The van der Waals surface area contributed by atoms with Gasteiger partial charge in [-0.2, -0.15) is 0 Å². The molecule has 5 rings (SSSR count). The predicted octanol–water partition coefficient (Wildman–Crippen LogP) is 4.12. The number of amides is 1. The monoisotopic (exact) mass is 424 g/mol. The first kappa shape index (κ1) is 20.2. The lowest BCUT2D eigenvalue weighted by Crippen LogP contribution is -2.39. The number of hydrogen-bond acceptors (Lipinski definition) is 6. The Labute approximate surface area is 186 Å². The van der Waals surface area contributed by atoms with Crippen LogP contribution in [0.5, 0.6) is 0 Å². The second-order valence-electron chi connectivity index (χ2n) is 8.25. The standard InChI is InChI=1S/C25H24N6O/c1-16-17(2)30-23-12-19(5-6-22(23)29-16)25(32)31-11-3-4-20(14-31)24-21(13-27-15-28-24)18-7-9-26-10-8-18/h5-10,12-13,15,20H,3-4,11,14H2,1-2H3. The number of benzene rings is 1. The van der Waals surface area contributed by atoms with Crippen LogP contribution >= 0.6 is 0 Å². The quantitative estimate of drug-likeness (QED) is 0.492. The van der Waals surface area contributed by atoms with E-state index in [2.05, 4.69) is 24.9 Å². The smallest absolute Gasteiger partial charge is 0.253 e. The summed E-state index contributed by atoms with van der Waals surface area (Å²) in [6.07, 6.45) is 8.91. The predicted molar refractivity (Wildman–Crippen MR) is 122 cm³/mol. The maximum absolute atomic E-state index is 13.4. The molecule has 0 radical (unpaired) electrons. The van der Waals surface area contributed by atoms with Crippen molar-refractivity contribution < 1.29 is 4.79 Å². The molecule has 1 atom stereocenters. The van der Waals surface area contributed by atoms with Gasteiger partial charge >= 0.3 is 0 Å². The van der Waals surface area contributed by atoms with Crippen LogP contribution < -0.4 is 0 Å². The van der Waals surface area contributed by atoms with E-state index in [0.717, 1.165) is 58.6 Å². The van der Waals surface area contributed by atoms with Gasteiger partial charge in [0.2, 0.25) is 0 Å². The van der Waals surface area contributed by atoms with E-state index in [1.807, 2.05) is 55.3 Å². The highest BCUT2D eigenvalue weighted by molar-refractivity contribution is 5.97. The number of rotatable bonds is 3. The number of nitrogens with zero attached hydrogens (tertiary/aromatic N) is 6. The molecule has 4 aromatic rings. The van der Waals surface area contributed by atoms with Gasteiger partial charge in [-0.3, -0.25) is 9.78 Å². The minimum absolute atomic E-state index is 0.0242. The molecule has 1 amide bonds. The molecule has 160 valence electrons. The van der Waals surface area contributed by atoms with Crippen LogP contribution in [0.2, 0.25) is 0 Å². The van der Waals surface area contributed by atoms with Crippen LogP contribution in [0.4, 0.5) is 0 Å². The van der Waals surface area contributed by atoms with Gasteiger partial charge in [-0.05, 0) is 62.6 Å². The Morgan fingerprint density at radius 3 is 2.59 bits per heavy atom. The van der Waals surface area contributed by atoms with E-state index in [0.29, 0.717) is 12.1 Å². The second kappa shape index (κ2) is 8.42. The molecule has 1 fully saturated rings. The van der Waals surface area contributed by atoms with Crippen molar-refractivity contribution in [3.05, 3.63) is 77.9 Å². The maximum Gasteiger partial charge on any atom is 0.253 e. The third-order valence-corrected chi connectivity index (χ3v) is 6.15. The van der Waals surface area contributed by atoms with Crippen LogP contribution in [0, 0.1) is 13.8 Å². The van der Waals surface area contributed by atoms with Crippen LogP contribution in [0.1, 0.15) is 46.2 Å². The van der Waals surface area contributed by atoms with E-state index in [4.69, 9.17) is 0 Å². The van der Waals surface area contributed by atoms with Crippen molar-refractivity contribution in [1.29, 1.82) is 0 Å². The zero-order chi connectivity index (χ0) is 22.1. The van der Waals surface area contributed by atoms with Crippen LogP contribution in [0.15, 0.2) is 55.2 Å². The minimum atomic E-state index is 0.0242. The second-order valence-corrected chi connectivity index (χ2v) is 8.25. The van der Waals surface area contributed by atoms with E-state index in [9.17, 15) is 4.79 Å². The van der Waals surface area contributed by atoms with E-state index in [1.54, 1.807) is 18.7 Å². The van der Waals surface area contributed by atoms with Gasteiger partial charge < -0.3 is 4.90 Å². The largest absolute Gasteiger partial charge is 0.338 e. The Balaban J connectivity index is 1.42. The molecule has 7 nitrogen and oxygen atoms in total. The highest BCUT2D eigenvalue weighted by Crippen LogP contribution is 2.33. The maximum atomic E-state index is 13.4. The molecule has 0 saturated carbocycles. The highest BCUT2D eigenvalue weighted by Gasteiger charge is 2.28. The first-order valence-electron chi connectivity index (χ1n) is 10.8. The molecule has 1 aliphatic rings. The van der Waals surface area contributed by atoms with Gasteiger partial charge in [-0.15, -0.1) is 0 Å². The molecule has 0 spiro atoms. The lowest BCUT2D eigenvalue weighted by molar-refractivity contribution is 0.0706. The summed E-state index contributed by atoms with van der Waals surface area (Å²) < 4.78 is 0. The fourth-order valence-corrected chi connectivity index (χ4v) is 4.35. The first-order valence-corrected chi connectivity index (χ1v) is 10.8. The summed E-state index contributed by atoms with van der Waals surface area (Å²) in [5, 5.41) is 0. The summed E-state index contributed by atoms with van der Waals surface area (Å²) in [6, 6.07) is 9.52. The van der Waals surface area contributed by atoms with Crippen molar-refractivity contribution in [1.82, 2.24) is 29.8 Å². The number of fused-ring (bicyclic) bond motifs is 1. The molecule has 1 aromatic carbocycles. The van der Waals surface area contributed by atoms with Gasteiger partial charge in [0.25, 0.3) is 5.91 Å². The topological polar surface area (TPSA) is 84.8 Å². The van der Waals surface area contributed by atoms with Crippen LogP contribution in [-0.2, 0) is 0 Å². The summed E-state index contributed by atoms with van der Waals surface area (Å²) in [6.45, 7) is 5.25. The van der Waals surface area contributed by atoms with Crippen molar-refractivity contribution in [2.75, 3.05) is 13.1 Å². The van der Waals surface area contributed by atoms with Crippen molar-refractivity contribution in [2.24, 2.45) is 0 Å². The van der Waals surface area contributed by atoms with E-state index >= 15 is 0 Å². The molecule has 4 heterocycles. The number of carbonyl (C=O) groups excluding carboxylic acids is 1. The zero-order valence-electron chi connectivity index (χ0n) is 18.2. The molecular formula is C25H24N6O. The summed E-state index contributed by atoms with van der Waals surface area (Å²) in [5.74, 6) is 0.181. The lowest BCUT2D eigenvalue weighted by atomic mass is 9.90. The SMILES string of the molecule is Cc1nc2ccc(C(=O)N3CCCC(c4ncncc4-c4ccncc4)C3)cc2nc1C. The van der Waals surface area contributed by atoms with Gasteiger partial charge in [0.1, 0.15) is 6.33 Å². The van der Waals surface area contributed by atoms with Gasteiger partial charge in [0.05, 0.1) is 28.1 Å². The molecule has 0 aliphatic carbocycles. The van der Waals surface area contributed by atoms with Crippen molar-refractivity contribution >= 4 is 16.9 Å². The normalized spacial score (nSPS) is 16.3. The number of carbonyl (C=O) groups is 1. The van der Waals surface area contributed by atoms with E-state index in [1.165, 1.54) is 0 Å². The highest BCUT2D eigenvalue weighted by atomic mass is 16.2. The summed E-state index contributed by atoms with van der Waals surface area (Å²) in [7, 11) is 0. The van der Waals surface area contributed by atoms with Crippen LogP contribution in [0.3, 0.4) is 0 Å². The van der Waals surface area contributed by atoms with Gasteiger partial charge in [0, 0.05) is 48.7 Å².